The molecule has 0 aliphatic heterocycles. The number of benzene rings is 1. The molecule has 0 N–H and O–H groups in total. The molecule has 0 heterocycles. The number of rotatable bonds is 6. The topological polar surface area (TPSA) is 26.3 Å². The first-order valence-electron chi connectivity index (χ1n) is 5.35. The molecule has 0 fully saturated rings. The molecule has 1 aromatic carbocycles. The number of Topliss-reactive ketones (excluding diaryl/α,β-unsaturated/α-hetero) is 1. The Kier molecular flexibility index (Phi) is 5.05. The highest BCUT2D eigenvalue weighted by Crippen LogP contribution is 2.08. The van der Waals surface area contributed by atoms with Gasteiger partial charge in [-0.25, -0.2) is 0 Å². The van der Waals surface area contributed by atoms with E-state index >= 15 is 0 Å². The maximum atomic E-state index is 11.7. The largest absolute Gasteiger partial charge is 0.382 e. The molecule has 1 aromatic rings. The van der Waals surface area contributed by atoms with Crippen molar-refractivity contribution in [2.45, 2.75) is 32.3 Å². The maximum Gasteiger partial charge on any atom is 0.162 e. The fraction of sp³-hybridized carbons (Fsp3) is 0.462. The van der Waals surface area contributed by atoms with E-state index < -0.39 is 0 Å². The first-order chi connectivity index (χ1) is 7.24. The van der Waals surface area contributed by atoms with Crippen molar-refractivity contribution in [3.8, 4) is 0 Å². The lowest BCUT2D eigenvalue weighted by Gasteiger charge is -2.07. The Morgan fingerprint density at radius 2 is 2.00 bits per heavy atom. The zero-order valence-electron chi connectivity index (χ0n) is 9.40. The molecule has 0 aromatic heterocycles. The average molecular weight is 206 g/mol. The van der Waals surface area contributed by atoms with Gasteiger partial charge in [0, 0.05) is 19.1 Å². The summed E-state index contributed by atoms with van der Waals surface area (Å²) in [5.74, 6) is 0.221. The molecule has 15 heavy (non-hydrogen) atoms. The van der Waals surface area contributed by atoms with Crippen LogP contribution in [0.1, 0.15) is 36.5 Å². The molecule has 0 aliphatic carbocycles. The van der Waals surface area contributed by atoms with Crippen LogP contribution in [0.3, 0.4) is 0 Å². The van der Waals surface area contributed by atoms with Crippen LogP contribution < -0.4 is 0 Å². The normalized spacial score (nSPS) is 12.4. The van der Waals surface area contributed by atoms with E-state index in [9.17, 15) is 4.79 Å². The lowest BCUT2D eigenvalue weighted by molar-refractivity contribution is 0.0938. The van der Waals surface area contributed by atoms with E-state index in [1.807, 2.05) is 37.3 Å². The molecule has 0 aliphatic rings. The fourth-order valence-corrected chi connectivity index (χ4v) is 1.44. The predicted molar refractivity (Wildman–Crippen MR) is 61.1 cm³/mol. The van der Waals surface area contributed by atoms with Crippen LogP contribution in [-0.2, 0) is 4.74 Å². The summed E-state index contributed by atoms with van der Waals surface area (Å²) >= 11 is 0. The molecule has 0 saturated heterocycles. The van der Waals surface area contributed by atoms with E-state index in [0.717, 1.165) is 18.4 Å². The van der Waals surface area contributed by atoms with E-state index in [0.29, 0.717) is 6.42 Å². The van der Waals surface area contributed by atoms with Crippen LogP contribution in [0.25, 0.3) is 0 Å². The van der Waals surface area contributed by atoms with Crippen LogP contribution in [0, 0.1) is 0 Å². The smallest absolute Gasteiger partial charge is 0.162 e. The Hall–Kier alpha value is -1.15. The first-order valence-corrected chi connectivity index (χ1v) is 5.35. The van der Waals surface area contributed by atoms with Crippen molar-refractivity contribution in [1.29, 1.82) is 0 Å². The molecular weight excluding hydrogens is 188 g/mol. The van der Waals surface area contributed by atoms with Crippen LogP contribution >= 0.6 is 0 Å². The van der Waals surface area contributed by atoms with Crippen molar-refractivity contribution in [2.75, 3.05) is 7.11 Å². The van der Waals surface area contributed by atoms with Crippen LogP contribution in [0.2, 0.25) is 0 Å². The van der Waals surface area contributed by atoms with Crippen LogP contribution in [0.15, 0.2) is 30.3 Å². The second-order valence-electron chi connectivity index (χ2n) is 3.73. The summed E-state index contributed by atoms with van der Waals surface area (Å²) in [4.78, 5) is 11.7. The second kappa shape index (κ2) is 6.36. The summed E-state index contributed by atoms with van der Waals surface area (Å²) in [6.45, 7) is 2.02. The van der Waals surface area contributed by atoms with Crippen LogP contribution in [-0.4, -0.2) is 19.0 Å². The third-order valence-electron chi connectivity index (χ3n) is 2.51. The molecule has 1 rings (SSSR count). The summed E-state index contributed by atoms with van der Waals surface area (Å²) < 4.78 is 5.13. The van der Waals surface area contributed by atoms with Gasteiger partial charge in [-0.2, -0.15) is 0 Å². The predicted octanol–water partition coefficient (Wildman–Crippen LogP) is 3.07. The van der Waals surface area contributed by atoms with Gasteiger partial charge >= 0.3 is 0 Å². The Balaban J connectivity index is 2.31. The van der Waals surface area contributed by atoms with Crippen LogP contribution in [0.5, 0.6) is 0 Å². The van der Waals surface area contributed by atoms with Crippen molar-refractivity contribution in [2.24, 2.45) is 0 Å². The SMILES string of the molecule is COC(C)CCCC(=O)c1ccccc1. The highest BCUT2D eigenvalue weighted by atomic mass is 16.5. The number of hydrogen-bond acceptors (Lipinski definition) is 2. The van der Waals surface area contributed by atoms with Gasteiger partial charge < -0.3 is 4.74 Å². The Morgan fingerprint density at radius 3 is 2.60 bits per heavy atom. The minimum Gasteiger partial charge on any atom is -0.382 e. The standard InChI is InChI=1S/C13H18O2/c1-11(15-2)7-6-10-13(14)12-8-4-3-5-9-12/h3-5,8-9,11H,6-7,10H2,1-2H3. The number of carbonyl (C=O) groups excluding carboxylic acids is 1. The van der Waals surface area contributed by atoms with Gasteiger partial charge in [0.15, 0.2) is 5.78 Å². The van der Waals surface area contributed by atoms with Crippen molar-refractivity contribution in [3.63, 3.8) is 0 Å². The van der Waals surface area contributed by atoms with Crippen molar-refractivity contribution in [3.05, 3.63) is 35.9 Å². The molecule has 82 valence electrons. The van der Waals surface area contributed by atoms with Gasteiger partial charge in [-0.1, -0.05) is 30.3 Å². The van der Waals surface area contributed by atoms with Gasteiger partial charge in [-0.3, -0.25) is 4.79 Å². The van der Waals surface area contributed by atoms with Gasteiger partial charge in [0.05, 0.1) is 6.10 Å². The summed E-state index contributed by atoms with van der Waals surface area (Å²) in [6.07, 6.45) is 2.68. The van der Waals surface area contributed by atoms with Gasteiger partial charge in [-0.05, 0) is 19.8 Å². The molecule has 0 bridgehead atoms. The number of ketones is 1. The lowest BCUT2D eigenvalue weighted by atomic mass is 10.0. The Morgan fingerprint density at radius 1 is 1.33 bits per heavy atom. The first kappa shape index (κ1) is 11.9. The Bertz CT molecular complexity index is 293. The van der Waals surface area contributed by atoms with E-state index in [2.05, 4.69) is 0 Å². The highest BCUT2D eigenvalue weighted by molar-refractivity contribution is 5.95. The van der Waals surface area contributed by atoms with E-state index in [1.54, 1.807) is 7.11 Å². The molecule has 2 heteroatoms. The van der Waals surface area contributed by atoms with Crippen molar-refractivity contribution < 1.29 is 9.53 Å². The third kappa shape index (κ3) is 4.26. The van der Waals surface area contributed by atoms with Gasteiger partial charge in [0.1, 0.15) is 0 Å². The number of hydrogen-bond donors (Lipinski definition) is 0. The molecule has 0 saturated carbocycles. The van der Waals surface area contributed by atoms with Gasteiger partial charge in [-0.15, -0.1) is 0 Å². The molecule has 0 spiro atoms. The molecule has 0 amide bonds. The van der Waals surface area contributed by atoms with Gasteiger partial charge in [0.25, 0.3) is 0 Å². The summed E-state index contributed by atoms with van der Waals surface area (Å²) in [6, 6.07) is 9.43. The molecule has 0 radical (unpaired) electrons. The zero-order chi connectivity index (χ0) is 11.1. The minimum atomic E-state index is 0.221. The van der Waals surface area contributed by atoms with Crippen molar-refractivity contribution >= 4 is 5.78 Å². The number of methoxy groups -OCH3 is 1. The van der Waals surface area contributed by atoms with Crippen molar-refractivity contribution in [1.82, 2.24) is 0 Å². The summed E-state index contributed by atoms with van der Waals surface area (Å²) in [5, 5.41) is 0. The maximum absolute atomic E-state index is 11.7. The average Bonchev–Trinajstić information content (AvgIpc) is 2.29. The third-order valence-corrected chi connectivity index (χ3v) is 2.51. The molecule has 1 unspecified atom stereocenters. The lowest BCUT2D eigenvalue weighted by Crippen LogP contribution is -2.06. The number of carbonyl (C=O) groups is 1. The van der Waals surface area contributed by atoms with Gasteiger partial charge in [0.2, 0.25) is 0 Å². The van der Waals surface area contributed by atoms with E-state index in [4.69, 9.17) is 4.74 Å². The summed E-state index contributed by atoms with van der Waals surface area (Å²) in [5.41, 5.74) is 0.808. The van der Waals surface area contributed by atoms with E-state index in [-0.39, 0.29) is 11.9 Å². The fourth-order valence-electron chi connectivity index (χ4n) is 1.44. The zero-order valence-corrected chi connectivity index (χ0v) is 9.40. The monoisotopic (exact) mass is 206 g/mol. The number of ether oxygens (including phenoxy) is 1. The van der Waals surface area contributed by atoms with Crippen LogP contribution in [0.4, 0.5) is 0 Å². The quantitative estimate of drug-likeness (QED) is 0.669. The second-order valence-corrected chi connectivity index (χ2v) is 3.73. The molecule has 1 atom stereocenters. The summed E-state index contributed by atoms with van der Waals surface area (Å²) in [7, 11) is 1.70. The molecular formula is C13H18O2. The van der Waals surface area contributed by atoms with E-state index in [1.165, 1.54) is 0 Å². The Labute approximate surface area is 91.3 Å². The molecule has 2 nitrogen and oxygen atoms in total. The minimum absolute atomic E-state index is 0.221. The highest BCUT2D eigenvalue weighted by Gasteiger charge is 2.06.